The van der Waals surface area contributed by atoms with Crippen LogP contribution in [0.4, 0.5) is 0 Å². The predicted molar refractivity (Wildman–Crippen MR) is 74.1 cm³/mol. The van der Waals surface area contributed by atoms with E-state index in [0.717, 1.165) is 19.3 Å². The van der Waals surface area contributed by atoms with Gasteiger partial charge in [0.05, 0.1) is 0 Å². The molecule has 92 valence electrons. The molecule has 0 aromatic carbocycles. The van der Waals surface area contributed by atoms with Gasteiger partial charge in [-0.25, -0.2) is 0 Å². The Kier molecular flexibility index (Phi) is 8.88. The molecule has 0 saturated heterocycles. The SMILES string of the molecule is C=CCC(/C=C/C)C[C@H](C)C[C@@H](C=N)CC. The summed E-state index contributed by atoms with van der Waals surface area (Å²) in [4.78, 5) is 0. The van der Waals surface area contributed by atoms with Crippen LogP contribution in [0.15, 0.2) is 24.8 Å². The Morgan fingerprint density at radius 3 is 2.31 bits per heavy atom. The number of allylic oxidation sites excluding steroid dienone is 3. The van der Waals surface area contributed by atoms with Gasteiger partial charge in [0, 0.05) is 0 Å². The lowest BCUT2D eigenvalue weighted by molar-refractivity contribution is 0.385. The Labute approximate surface area is 101 Å². The molecule has 1 unspecified atom stereocenters. The van der Waals surface area contributed by atoms with Crippen LogP contribution in [-0.2, 0) is 0 Å². The van der Waals surface area contributed by atoms with E-state index in [1.807, 2.05) is 6.08 Å². The number of hydrogen-bond acceptors (Lipinski definition) is 1. The highest BCUT2D eigenvalue weighted by molar-refractivity contribution is 5.56. The highest BCUT2D eigenvalue weighted by Gasteiger charge is 2.13. The van der Waals surface area contributed by atoms with Gasteiger partial charge in [-0.2, -0.15) is 0 Å². The van der Waals surface area contributed by atoms with E-state index >= 15 is 0 Å². The van der Waals surface area contributed by atoms with Crippen molar-refractivity contribution in [1.29, 1.82) is 5.41 Å². The second kappa shape index (κ2) is 9.38. The average Bonchev–Trinajstić information content (AvgIpc) is 2.26. The fraction of sp³-hybridized carbons (Fsp3) is 0.667. The van der Waals surface area contributed by atoms with Gasteiger partial charge in [0.2, 0.25) is 0 Å². The van der Waals surface area contributed by atoms with E-state index in [9.17, 15) is 0 Å². The standard InChI is InChI=1S/C15H27N/c1-5-8-15(9-6-2)11-13(4)10-14(7-3)12-16/h5-6,9,12-16H,1,7-8,10-11H2,2-4H3/b9-6+,16-12?/t13-,14+,15?/m1/s1. The largest absolute Gasteiger partial charge is 0.313 e. The molecular weight excluding hydrogens is 194 g/mol. The van der Waals surface area contributed by atoms with Gasteiger partial charge in [0.25, 0.3) is 0 Å². The summed E-state index contributed by atoms with van der Waals surface area (Å²) in [6, 6.07) is 0. The summed E-state index contributed by atoms with van der Waals surface area (Å²) >= 11 is 0. The first kappa shape index (κ1) is 15.2. The summed E-state index contributed by atoms with van der Waals surface area (Å²) in [6.45, 7) is 10.3. The zero-order chi connectivity index (χ0) is 12.4. The lowest BCUT2D eigenvalue weighted by Gasteiger charge is -2.19. The van der Waals surface area contributed by atoms with E-state index in [0.29, 0.717) is 17.8 Å². The maximum Gasteiger partial charge on any atom is -0.00167 e. The minimum atomic E-state index is 0.463. The minimum absolute atomic E-state index is 0.463. The molecule has 0 aromatic rings. The van der Waals surface area contributed by atoms with E-state index in [1.165, 1.54) is 6.42 Å². The van der Waals surface area contributed by atoms with Crippen molar-refractivity contribution in [3.63, 3.8) is 0 Å². The van der Waals surface area contributed by atoms with Gasteiger partial charge in [0.1, 0.15) is 0 Å². The molecule has 0 amide bonds. The van der Waals surface area contributed by atoms with Gasteiger partial charge in [-0.15, -0.1) is 6.58 Å². The molecule has 1 heteroatoms. The molecule has 1 N–H and O–H groups in total. The summed E-state index contributed by atoms with van der Waals surface area (Å²) < 4.78 is 0. The van der Waals surface area contributed by atoms with Crippen LogP contribution in [0.3, 0.4) is 0 Å². The Bertz CT molecular complexity index is 217. The summed E-state index contributed by atoms with van der Waals surface area (Å²) in [6.07, 6.45) is 12.5. The maximum absolute atomic E-state index is 7.34. The van der Waals surface area contributed by atoms with Crippen LogP contribution in [-0.4, -0.2) is 6.21 Å². The van der Waals surface area contributed by atoms with Crippen molar-refractivity contribution in [3.05, 3.63) is 24.8 Å². The Morgan fingerprint density at radius 1 is 1.25 bits per heavy atom. The molecule has 0 rings (SSSR count). The summed E-state index contributed by atoms with van der Waals surface area (Å²) in [5, 5.41) is 7.34. The topological polar surface area (TPSA) is 23.9 Å². The average molecular weight is 221 g/mol. The zero-order valence-electron chi connectivity index (χ0n) is 11.1. The van der Waals surface area contributed by atoms with Crippen LogP contribution in [0.25, 0.3) is 0 Å². The predicted octanol–water partition coefficient (Wildman–Crippen LogP) is 4.85. The van der Waals surface area contributed by atoms with Crippen LogP contribution in [0.1, 0.15) is 46.5 Å². The lowest BCUT2D eigenvalue weighted by Crippen LogP contribution is -2.10. The van der Waals surface area contributed by atoms with Crippen molar-refractivity contribution in [1.82, 2.24) is 0 Å². The van der Waals surface area contributed by atoms with Crippen LogP contribution < -0.4 is 0 Å². The third-order valence-electron chi connectivity index (χ3n) is 3.10. The molecular formula is C15H27N. The Hall–Kier alpha value is -0.850. The van der Waals surface area contributed by atoms with Crippen molar-refractivity contribution in [2.45, 2.75) is 46.5 Å². The van der Waals surface area contributed by atoms with Crippen LogP contribution in [0, 0.1) is 23.2 Å². The second-order valence-corrected chi connectivity index (χ2v) is 4.72. The first-order chi connectivity index (χ1) is 7.67. The quantitative estimate of drug-likeness (QED) is 0.425. The summed E-state index contributed by atoms with van der Waals surface area (Å²) in [7, 11) is 0. The molecule has 0 spiro atoms. The first-order valence-electron chi connectivity index (χ1n) is 6.42. The molecule has 0 aliphatic heterocycles. The van der Waals surface area contributed by atoms with Crippen molar-refractivity contribution < 1.29 is 0 Å². The molecule has 3 atom stereocenters. The summed E-state index contributed by atoms with van der Waals surface area (Å²) in [5.74, 6) is 1.78. The van der Waals surface area contributed by atoms with Crippen LogP contribution in [0.5, 0.6) is 0 Å². The molecule has 0 bridgehead atoms. The third kappa shape index (κ3) is 6.60. The monoisotopic (exact) mass is 221 g/mol. The molecule has 0 heterocycles. The van der Waals surface area contributed by atoms with Gasteiger partial charge in [-0.05, 0) is 56.6 Å². The van der Waals surface area contributed by atoms with E-state index in [1.54, 1.807) is 6.21 Å². The van der Waals surface area contributed by atoms with E-state index < -0.39 is 0 Å². The first-order valence-corrected chi connectivity index (χ1v) is 6.42. The van der Waals surface area contributed by atoms with E-state index in [2.05, 4.69) is 39.5 Å². The number of hydrogen-bond donors (Lipinski definition) is 1. The smallest absolute Gasteiger partial charge is 0.00167 e. The summed E-state index contributed by atoms with van der Waals surface area (Å²) in [5.41, 5.74) is 0. The van der Waals surface area contributed by atoms with Crippen LogP contribution >= 0.6 is 0 Å². The number of rotatable bonds is 9. The fourth-order valence-corrected chi connectivity index (χ4v) is 2.22. The zero-order valence-corrected chi connectivity index (χ0v) is 11.1. The van der Waals surface area contributed by atoms with Gasteiger partial charge < -0.3 is 5.41 Å². The van der Waals surface area contributed by atoms with Crippen LogP contribution in [0.2, 0.25) is 0 Å². The normalized spacial score (nSPS) is 16.9. The van der Waals surface area contributed by atoms with Gasteiger partial charge in [-0.3, -0.25) is 0 Å². The van der Waals surface area contributed by atoms with E-state index in [-0.39, 0.29) is 0 Å². The fourth-order valence-electron chi connectivity index (χ4n) is 2.22. The minimum Gasteiger partial charge on any atom is -0.313 e. The molecule has 0 aliphatic carbocycles. The molecule has 0 radical (unpaired) electrons. The van der Waals surface area contributed by atoms with Gasteiger partial charge >= 0.3 is 0 Å². The van der Waals surface area contributed by atoms with Crippen molar-refractivity contribution in [3.8, 4) is 0 Å². The highest BCUT2D eigenvalue weighted by atomic mass is 14.3. The molecule has 0 aliphatic rings. The van der Waals surface area contributed by atoms with Crippen molar-refractivity contribution >= 4 is 6.21 Å². The highest BCUT2D eigenvalue weighted by Crippen LogP contribution is 2.23. The van der Waals surface area contributed by atoms with Crippen molar-refractivity contribution in [2.24, 2.45) is 17.8 Å². The van der Waals surface area contributed by atoms with Gasteiger partial charge in [0.15, 0.2) is 0 Å². The molecule has 0 fully saturated rings. The second-order valence-electron chi connectivity index (χ2n) is 4.72. The third-order valence-corrected chi connectivity index (χ3v) is 3.10. The molecule has 0 saturated carbocycles. The molecule has 16 heavy (non-hydrogen) atoms. The lowest BCUT2D eigenvalue weighted by atomic mass is 9.86. The van der Waals surface area contributed by atoms with E-state index in [4.69, 9.17) is 5.41 Å². The molecule has 0 aromatic heterocycles. The molecule has 1 nitrogen and oxygen atoms in total. The van der Waals surface area contributed by atoms with Gasteiger partial charge in [-0.1, -0.05) is 32.1 Å². The Balaban J connectivity index is 4.11. The van der Waals surface area contributed by atoms with Crippen molar-refractivity contribution in [2.75, 3.05) is 0 Å². The Morgan fingerprint density at radius 2 is 1.88 bits per heavy atom. The maximum atomic E-state index is 7.34. The number of nitrogens with one attached hydrogen (secondary N) is 1.